The van der Waals surface area contributed by atoms with Crippen molar-refractivity contribution in [1.29, 1.82) is 0 Å². The number of nitrogens with one attached hydrogen (secondary N) is 3. The van der Waals surface area contributed by atoms with Gasteiger partial charge in [0, 0.05) is 25.1 Å². The lowest BCUT2D eigenvalue weighted by molar-refractivity contribution is -0.122. The summed E-state index contributed by atoms with van der Waals surface area (Å²) in [4.78, 5) is 25.1. The normalized spacial score (nSPS) is 11.6. The van der Waals surface area contributed by atoms with Crippen molar-refractivity contribution in [2.45, 2.75) is 25.8 Å². The van der Waals surface area contributed by atoms with Crippen LogP contribution in [0.25, 0.3) is 0 Å². The molecule has 0 aliphatic carbocycles. The zero-order chi connectivity index (χ0) is 18.6. The van der Waals surface area contributed by atoms with Crippen LogP contribution in [0.1, 0.15) is 29.3 Å². The second kappa shape index (κ2) is 11.1. The van der Waals surface area contributed by atoms with Crippen molar-refractivity contribution in [1.82, 2.24) is 16.0 Å². The van der Waals surface area contributed by atoms with E-state index < -0.39 is 6.04 Å². The minimum Gasteiger partial charge on any atom is -0.353 e. The van der Waals surface area contributed by atoms with Crippen LogP contribution in [-0.2, 0) is 11.2 Å². The maximum absolute atomic E-state index is 12.6. The Labute approximate surface area is 155 Å². The number of rotatable bonds is 10. The Hall–Kier alpha value is -2.66. The maximum atomic E-state index is 12.6. The van der Waals surface area contributed by atoms with Gasteiger partial charge in [0.25, 0.3) is 5.91 Å². The van der Waals surface area contributed by atoms with E-state index in [2.05, 4.69) is 22.9 Å². The van der Waals surface area contributed by atoms with Gasteiger partial charge in [-0.25, -0.2) is 0 Å². The van der Waals surface area contributed by atoms with Crippen molar-refractivity contribution >= 4 is 11.8 Å². The van der Waals surface area contributed by atoms with Gasteiger partial charge in [-0.3, -0.25) is 9.59 Å². The zero-order valence-electron chi connectivity index (χ0n) is 15.2. The molecule has 0 aromatic heterocycles. The molecule has 1 unspecified atom stereocenters. The third-order valence-corrected chi connectivity index (χ3v) is 3.97. The van der Waals surface area contributed by atoms with Crippen LogP contribution in [0.2, 0.25) is 0 Å². The van der Waals surface area contributed by atoms with E-state index in [1.54, 1.807) is 24.3 Å². The number of benzene rings is 2. The molecule has 0 saturated heterocycles. The van der Waals surface area contributed by atoms with Crippen LogP contribution < -0.4 is 16.0 Å². The van der Waals surface area contributed by atoms with Gasteiger partial charge < -0.3 is 16.0 Å². The van der Waals surface area contributed by atoms with Crippen molar-refractivity contribution < 1.29 is 9.59 Å². The molecule has 0 aliphatic rings. The first-order valence-electron chi connectivity index (χ1n) is 9.09. The number of carbonyl (C=O) groups excluding carboxylic acids is 2. The zero-order valence-corrected chi connectivity index (χ0v) is 15.2. The fourth-order valence-corrected chi connectivity index (χ4v) is 2.59. The van der Waals surface area contributed by atoms with Crippen molar-refractivity contribution in [3.05, 3.63) is 71.8 Å². The number of amides is 2. The van der Waals surface area contributed by atoms with Gasteiger partial charge in [0.2, 0.25) is 5.91 Å². The van der Waals surface area contributed by atoms with Crippen LogP contribution in [-0.4, -0.2) is 37.5 Å². The van der Waals surface area contributed by atoms with E-state index in [0.29, 0.717) is 25.1 Å². The molecule has 0 bridgehead atoms. The highest BCUT2D eigenvalue weighted by molar-refractivity contribution is 5.97. The summed E-state index contributed by atoms with van der Waals surface area (Å²) >= 11 is 0. The quantitative estimate of drug-likeness (QED) is 0.573. The monoisotopic (exact) mass is 353 g/mol. The van der Waals surface area contributed by atoms with Crippen molar-refractivity contribution in [3.8, 4) is 0 Å². The highest BCUT2D eigenvalue weighted by Gasteiger charge is 2.21. The summed E-state index contributed by atoms with van der Waals surface area (Å²) in [5.41, 5.74) is 1.55. The van der Waals surface area contributed by atoms with Gasteiger partial charge in [0.15, 0.2) is 0 Å². The first-order valence-corrected chi connectivity index (χ1v) is 9.09. The van der Waals surface area contributed by atoms with Crippen LogP contribution in [0.5, 0.6) is 0 Å². The molecule has 0 saturated carbocycles. The summed E-state index contributed by atoms with van der Waals surface area (Å²) in [6.45, 7) is 4.27. The summed E-state index contributed by atoms with van der Waals surface area (Å²) < 4.78 is 0. The fourth-order valence-electron chi connectivity index (χ4n) is 2.59. The lowest BCUT2D eigenvalue weighted by Crippen LogP contribution is -2.49. The van der Waals surface area contributed by atoms with E-state index in [1.807, 2.05) is 36.4 Å². The van der Waals surface area contributed by atoms with E-state index in [1.165, 1.54) is 0 Å². The Kier molecular flexibility index (Phi) is 8.36. The average molecular weight is 353 g/mol. The van der Waals surface area contributed by atoms with E-state index >= 15 is 0 Å². The minimum absolute atomic E-state index is 0.170. The fraction of sp³-hybridized carbons (Fsp3) is 0.333. The van der Waals surface area contributed by atoms with Crippen molar-refractivity contribution in [2.24, 2.45) is 0 Å². The minimum atomic E-state index is -0.615. The lowest BCUT2D eigenvalue weighted by atomic mass is 10.0. The van der Waals surface area contributed by atoms with Gasteiger partial charge in [0.1, 0.15) is 6.04 Å². The summed E-state index contributed by atoms with van der Waals surface area (Å²) in [6, 6.07) is 18.0. The molecule has 2 aromatic rings. The highest BCUT2D eigenvalue weighted by Crippen LogP contribution is 2.05. The molecule has 5 heteroatoms. The molecule has 26 heavy (non-hydrogen) atoms. The molecule has 0 radical (unpaired) electrons. The van der Waals surface area contributed by atoms with E-state index in [4.69, 9.17) is 0 Å². The predicted molar refractivity (Wildman–Crippen MR) is 104 cm³/mol. The van der Waals surface area contributed by atoms with Crippen LogP contribution in [0.3, 0.4) is 0 Å². The molecule has 0 heterocycles. The molecule has 3 N–H and O–H groups in total. The Morgan fingerprint density at radius 2 is 1.54 bits per heavy atom. The van der Waals surface area contributed by atoms with Gasteiger partial charge in [-0.2, -0.15) is 0 Å². The average Bonchev–Trinajstić information content (AvgIpc) is 2.68. The molecule has 2 aromatic carbocycles. The lowest BCUT2D eigenvalue weighted by Gasteiger charge is -2.19. The number of hydrogen-bond donors (Lipinski definition) is 3. The Morgan fingerprint density at radius 1 is 0.885 bits per heavy atom. The molecule has 0 fully saturated rings. The van der Waals surface area contributed by atoms with Crippen LogP contribution in [0, 0.1) is 0 Å². The van der Waals surface area contributed by atoms with E-state index in [9.17, 15) is 9.59 Å². The first-order chi connectivity index (χ1) is 12.7. The van der Waals surface area contributed by atoms with Gasteiger partial charge >= 0.3 is 0 Å². The predicted octanol–water partition coefficient (Wildman–Crippen LogP) is 2.14. The molecule has 5 nitrogen and oxygen atoms in total. The topological polar surface area (TPSA) is 70.2 Å². The van der Waals surface area contributed by atoms with Gasteiger partial charge in [-0.05, 0) is 30.7 Å². The molecule has 2 rings (SSSR count). The molecule has 0 aliphatic heterocycles. The summed E-state index contributed by atoms with van der Waals surface area (Å²) in [6.07, 6.45) is 1.51. The first kappa shape index (κ1) is 19.7. The van der Waals surface area contributed by atoms with E-state index in [-0.39, 0.29) is 11.8 Å². The summed E-state index contributed by atoms with van der Waals surface area (Å²) in [7, 11) is 0. The van der Waals surface area contributed by atoms with Gasteiger partial charge in [0.05, 0.1) is 0 Å². The molecule has 0 spiro atoms. The van der Waals surface area contributed by atoms with Crippen LogP contribution in [0.4, 0.5) is 0 Å². The van der Waals surface area contributed by atoms with Crippen molar-refractivity contribution in [3.63, 3.8) is 0 Å². The Balaban J connectivity index is 1.98. The molecule has 1 atom stereocenters. The van der Waals surface area contributed by atoms with Gasteiger partial charge in [-0.1, -0.05) is 55.5 Å². The molecular weight excluding hydrogens is 326 g/mol. The summed E-state index contributed by atoms with van der Waals surface area (Å²) in [5.74, 6) is -0.415. The smallest absolute Gasteiger partial charge is 0.251 e. The van der Waals surface area contributed by atoms with Crippen LogP contribution >= 0.6 is 0 Å². The maximum Gasteiger partial charge on any atom is 0.251 e. The largest absolute Gasteiger partial charge is 0.353 e. The SMILES string of the molecule is CCCNCCNC(=O)C(Cc1ccccc1)NC(=O)c1ccccc1. The van der Waals surface area contributed by atoms with Crippen LogP contribution in [0.15, 0.2) is 60.7 Å². The third-order valence-electron chi connectivity index (χ3n) is 3.97. The highest BCUT2D eigenvalue weighted by atomic mass is 16.2. The number of hydrogen-bond acceptors (Lipinski definition) is 3. The van der Waals surface area contributed by atoms with E-state index in [0.717, 1.165) is 18.5 Å². The van der Waals surface area contributed by atoms with Crippen molar-refractivity contribution in [2.75, 3.05) is 19.6 Å². The molecular formula is C21H27N3O2. The third kappa shape index (κ3) is 6.69. The molecule has 138 valence electrons. The Bertz CT molecular complexity index is 674. The standard InChI is InChI=1S/C21H27N3O2/c1-2-13-22-14-15-23-21(26)19(16-17-9-5-3-6-10-17)24-20(25)18-11-7-4-8-12-18/h3-12,19,22H,2,13-16H2,1H3,(H,23,26)(H,24,25). The second-order valence-electron chi connectivity index (χ2n) is 6.12. The summed E-state index contributed by atoms with van der Waals surface area (Å²) in [5, 5.41) is 9.01. The van der Waals surface area contributed by atoms with Gasteiger partial charge in [-0.15, -0.1) is 0 Å². The Morgan fingerprint density at radius 3 is 2.19 bits per heavy atom. The second-order valence-corrected chi connectivity index (χ2v) is 6.12. The number of carbonyl (C=O) groups is 2. The molecule has 2 amide bonds.